The highest BCUT2D eigenvalue weighted by Gasteiger charge is 2.47. The second kappa shape index (κ2) is 6.61. The highest BCUT2D eigenvalue weighted by Crippen LogP contribution is 2.33. The van der Waals surface area contributed by atoms with Gasteiger partial charge in [-0.05, 0) is 10.4 Å². The molecule has 2 rings (SSSR count). The standard InChI is InChI=1S/C15H10Cl2F6Si/c16-9-24(17,12-7-3-1-5-10(12)14(18,19)20)13-8-4-2-6-11(13)15(21,22)23/h1-8H,9H2. The highest BCUT2D eigenvalue weighted by atomic mass is 35.6. The van der Waals surface area contributed by atoms with E-state index in [1.54, 1.807) is 0 Å². The van der Waals surface area contributed by atoms with Gasteiger partial charge < -0.3 is 0 Å². The van der Waals surface area contributed by atoms with Crippen molar-refractivity contribution in [1.29, 1.82) is 0 Å². The molecular formula is C15H10Cl2F6Si. The number of rotatable bonds is 3. The lowest BCUT2D eigenvalue weighted by Gasteiger charge is -2.29. The molecule has 0 unspecified atom stereocenters. The van der Waals surface area contributed by atoms with Crippen LogP contribution in [0.4, 0.5) is 26.3 Å². The molecule has 0 fully saturated rings. The lowest BCUT2D eigenvalue weighted by molar-refractivity contribution is -0.137. The Morgan fingerprint density at radius 3 is 1.33 bits per heavy atom. The second-order valence-corrected chi connectivity index (χ2v) is 10.7. The Balaban J connectivity index is 2.77. The van der Waals surface area contributed by atoms with E-state index in [0.717, 1.165) is 36.4 Å². The molecule has 130 valence electrons. The van der Waals surface area contributed by atoms with Gasteiger partial charge in [0.05, 0.1) is 11.1 Å². The Morgan fingerprint density at radius 1 is 0.708 bits per heavy atom. The van der Waals surface area contributed by atoms with Crippen LogP contribution in [0.5, 0.6) is 0 Å². The van der Waals surface area contributed by atoms with E-state index in [4.69, 9.17) is 22.7 Å². The average molecular weight is 403 g/mol. The van der Waals surface area contributed by atoms with E-state index in [9.17, 15) is 26.3 Å². The summed E-state index contributed by atoms with van der Waals surface area (Å²) in [4.78, 5) is 0. The quantitative estimate of drug-likeness (QED) is 0.299. The fraction of sp³-hybridized carbons (Fsp3) is 0.200. The summed E-state index contributed by atoms with van der Waals surface area (Å²) in [7, 11) is -3.99. The van der Waals surface area contributed by atoms with E-state index in [2.05, 4.69) is 0 Å². The highest BCUT2D eigenvalue weighted by molar-refractivity contribution is 7.36. The number of benzene rings is 2. The Morgan fingerprint density at radius 2 is 1.04 bits per heavy atom. The summed E-state index contributed by atoms with van der Waals surface area (Å²) < 4.78 is 79.6. The first-order chi connectivity index (χ1) is 11.0. The molecule has 0 saturated carbocycles. The van der Waals surface area contributed by atoms with Crippen molar-refractivity contribution in [3.63, 3.8) is 0 Å². The summed E-state index contributed by atoms with van der Waals surface area (Å²) in [6.45, 7) is 0. The van der Waals surface area contributed by atoms with Crippen LogP contribution in [0, 0.1) is 0 Å². The van der Waals surface area contributed by atoms with Gasteiger partial charge in [0, 0.05) is 5.50 Å². The normalized spacial score (nSPS) is 13.2. The van der Waals surface area contributed by atoms with Gasteiger partial charge in [-0.1, -0.05) is 48.5 Å². The monoisotopic (exact) mass is 402 g/mol. The van der Waals surface area contributed by atoms with Crippen molar-refractivity contribution < 1.29 is 26.3 Å². The third kappa shape index (κ3) is 3.58. The molecule has 0 aromatic heterocycles. The van der Waals surface area contributed by atoms with Crippen LogP contribution >= 0.6 is 22.7 Å². The van der Waals surface area contributed by atoms with Crippen LogP contribution < -0.4 is 10.4 Å². The van der Waals surface area contributed by atoms with Crippen molar-refractivity contribution in [3.05, 3.63) is 59.7 Å². The molecular weight excluding hydrogens is 393 g/mol. The number of hydrogen-bond donors (Lipinski definition) is 0. The minimum absolute atomic E-state index is 0.383. The van der Waals surface area contributed by atoms with Crippen molar-refractivity contribution in [2.75, 3.05) is 5.50 Å². The molecule has 0 radical (unpaired) electrons. The first-order valence-electron chi connectivity index (χ1n) is 6.60. The van der Waals surface area contributed by atoms with Gasteiger partial charge in [-0.3, -0.25) is 0 Å². The molecule has 0 aliphatic carbocycles. The molecule has 0 atom stereocenters. The van der Waals surface area contributed by atoms with Crippen molar-refractivity contribution in [1.82, 2.24) is 0 Å². The lowest BCUT2D eigenvalue weighted by atomic mass is 10.2. The van der Waals surface area contributed by atoms with E-state index in [-0.39, 0.29) is 10.4 Å². The van der Waals surface area contributed by atoms with E-state index in [1.807, 2.05) is 0 Å². The van der Waals surface area contributed by atoms with Gasteiger partial charge in [-0.15, -0.1) is 11.6 Å². The largest absolute Gasteiger partial charge is 0.416 e. The molecule has 2 aromatic carbocycles. The topological polar surface area (TPSA) is 0 Å². The van der Waals surface area contributed by atoms with Gasteiger partial charge in [0.25, 0.3) is 0 Å². The zero-order valence-corrected chi connectivity index (χ0v) is 14.4. The minimum Gasteiger partial charge on any atom is -0.166 e. The Hall–Kier alpha value is -1.18. The summed E-state index contributed by atoms with van der Waals surface area (Å²) in [5, 5.41) is -0.767. The first kappa shape index (κ1) is 19.1. The summed E-state index contributed by atoms with van der Waals surface area (Å²) in [5.41, 5.74) is -2.66. The summed E-state index contributed by atoms with van der Waals surface area (Å²) in [6, 6.07) is 8.69. The fourth-order valence-corrected chi connectivity index (χ4v) is 6.90. The van der Waals surface area contributed by atoms with Gasteiger partial charge in [-0.2, -0.15) is 37.4 Å². The number of alkyl halides is 7. The molecule has 24 heavy (non-hydrogen) atoms. The zero-order chi connectivity index (χ0) is 18.2. The van der Waals surface area contributed by atoms with Crippen LogP contribution in [-0.4, -0.2) is 12.9 Å². The summed E-state index contributed by atoms with van der Waals surface area (Å²) >= 11 is 12.2. The van der Waals surface area contributed by atoms with Gasteiger partial charge in [0.1, 0.15) is 0 Å². The maximum atomic E-state index is 13.3. The van der Waals surface area contributed by atoms with Crippen molar-refractivity contribution in [3.8, 4) is 0 Å². The van der Waals surface area contributed by atoms with Crippen LogP contribution in [0.15, 0.2) is 48.5 Å². The van der Waals surface area contributed by atoms with E-state index >= 15 is 0 Å². The van der Waals surface area contributed by atoms with Crippen molar-refractivity contribution in [2.24, 2.45) is 0 Å². The number of hydrogen-bond acceptors (Lipinski definition) is 0. The molecule has 0 bridgehead atoms. The van der Waals surface area contributed by atoms with E-state index in [1.165, 1.54) is 12.1 Å². The molecule has 0 nitrogen and oxygen atoms in total. The summed E-state index contributed by atoms with van der Waals surface area (Å²) in [6.07, 6.45) is -9.49. The molecule has 0 aliphatic heterocycles. The Labute approximate surface area is 144 Å². The Bertz CT molecular complexity index is 669. The van der Waals surface area contributed by atoms with E-state index in [0.29, 0.717) is 0 Å². The maximum absolute atomic E-state index is 13.3. The molecule has 0 N–H and O–H groups in total. The van der Waals surface area contributed by atoms with Crippen molar-refractivity contribution >= 4 is 40.4 Å². The number of halogens is 8. The maximum Gasteiger partial charge on any atom is 0.416 e. The van der Waals surface area contributed by atoms with Crippen LogP contribution in [0.25, 0.3) is 0 Å². The molecule has 2 aromatic rings. The molecule has 0 aliphatic rings. The fourth-order valence-electron chi connectivity index (χ4n) is 2.44. The molecule has 0 heterocycles. The minimum atomic E-state index is -4.75. The average Bonchev–Trinajstić information content (AvgIpc) is 2.52. The molecule has 9 heteroatoms. The first-order valence-corrected chi connectivity index (χ1v) is 10.4. The summed E-state index contributed by atoms with van der Waals surface area (Å²) in [5.74, 6) is 0. The lowest BCUT2D eigenvalue weighted by Crippen LogP contribution is -2.59. The van der Waals surface area contributed by atoms with Gasteiger partial charge >= 0.3 is 12.4 Å². The van der Waals surface area contributed by atoms with E-state index < -0.39 is 36.4 Å². The van der Waals surface area contributed by atoms with Gasteiger partial charge in [-0.25, -0.2) is 0 Å². The smallest absolute Gasteiger partial charge is 0.166 e. The third-order valence-corrected chi connectivity index (χ3v) is 9.69. The predicted octanol–water partition coefficient (Wildman–Crippen LogP) is 4.80. The van der Waals surface area contributed by atoms with Gasteiger partial charge in [0.2, 0.25) is 7.38 Å². The zero-order valence-electron chi connectivity index (χ0n) is 11.8. The van der Waals surface area contributed by atoms with Crippen LogP contribution in [0.2, 0.25) is 0 Å². The molecule has 0 amide bonds. The molecule has 0 saturated heterocycles. The van der Waals surface area contributed by atoms with Gasteiger partial charge in [0.15, 0.2) is 0 Å². The molecule has 0 spiro atoms. The third-order valence-electron chi connectivity index (χ3n) is 3.50. The second-order valence-electron chi connectivity index (χ2n) is 5.02. The Kier molecular flexibility index (Phi) is 5.27. The van der Waals surface area contributed by atoms with Crippen LogP contribution in [0.3, 0.4) is 0 Å². The van der Waals surface area contributed by atoms with Crippen molar-refractivity contribution in [2.45, 2.75) is 12.4 Å². The SMILES string of the molecule is FC(F)(F)c1ccccc1[Si](Cl)(CCl)c1ccccc1C(F)(F)F. The van der Waals surface area contributed by atoms with Crippen LogP contribution in [-0.2, 0) is 12.4 Å². The predicted molar refractivity (Wildman–Crippen MR) is 84.5 cm³/mol. The van der Waals surface area contributed by atoms with Crippen LogP contribution in [0.1, 0.15) is 11.1 Å².